The summed E-state index contributed by atoms with van der Waals surface area (Å²) >= 11 is 4.69. The van der Waals surface area contributed by atoms with Crippen LogP contribution in [0.5, 0.6) is 0 Å². The molecule has 0 saturated carbocycles. The highest BCUT2D eigenvalue weighted by molar-refractivity contribution is 7.80. The summed E-state index contributed by atoms with van der Waals surface area (Å²) in [5.74, 6) is 0. The molecule has 1 aliphatic rings. The number of ether oxygens (including phenoxy) is 1. The molecule has 0 unspecified atom stereocenters. The lowest BCUT2D eigenvalue weighted by atomic mass is 10.3. The Balaban J connectivity index is 2.72. The first-order valence-corrected chi connectivity index (χ1v) is 2.41. The van der Waals surface area contributed by atoms with Crippen molar-refractivity contribution in [1.82, 2.24) is 0 Å². The SMILES string of the molecule is [CH2]C1=CCOC1=S. The van der Waals surface area contributed by atoms with Gasteiger partial charge in [-0.3, -0.25) is 0 Å². The third-order valence-electron chi connectivity index (χ3n) is 0.806. The Bertz CT molecular complexity index is 126. The molecule has 0 aromatic carbocycles. The molecule has 1 heterocycles. The zero-order valence-electron chi connectivity index (χ0n) is 3.81. The van der Waals surface area contributed by atoms with Crippen molar-refractivity contribution in [2.24, 2.45) is 0 Å². The monoisotopic (exact) mass is 113 g/mol. The van der Waals surface area contributed by atoms with Crippen molar-refractivity contribution >= 4 is 17.3 Å². The Morgan fingerprint density at radius 2 is 2.57 bits per heavy atom. The van der Waals surface area contributed by atoms with Crippen LogP contribution in [0.15, 0.2) is 11.6 Å². The van der Waals surface area contributed by atoms with Gasteiger partial charge < -0.3 is 4.74 Å². The van der Waals surface area contributed by atoms with Crippen molar-refractivity contribution in [2.75, 3.05) is 6.61 Å². The minimum atomic E-state index is 0.542. The predicted molar refractivity (Wildman–Crippen MR) is 32.0 cm³/mol. The van der Waals surface area contributed by atoms with Crippen molar-refractivity contribution in [3.05, 3.63) is 18.6 Å². The molecular weight excluding hydrogens is 108 g/mol. The van der Waals surface area contributed by atoms with E-state index >= 15 is 0 Å². The van der Waals surface area contributed by atoms with Gasteiger partial charge in [0.05, 0.1) is 0 Å². The van der Waals surface area contributed by atoms with Crippen LogP contribution in [0.4, 0.5) is 0 Å². The van der Waals surface area contributed by atoms with Crippen LogP contribution in [-0.2, 0) is 4.74 Å². The minimum absolute atomic E-state index is 0.542. The number of hydrogen-bond donors (Lipinski definition) is 0. The second-order valence-corrected chi connectivity index (χ2v) is 1.70. The summed E-state index contributed by atoms with van der Waals surface area (Å²) < 4.78 is 4.84. The van der Waals surface area contributed by atoms with Gasteiger partial charge in [0.25, 0.3) is 0 Å². The van der Waals surface area contributed by atoms with E-state index in [9.17, 15) is 0 Å². The van der Waals surface area contributed by atoms with Gasteiger partial charge in [0.2, 0.25) is 0 Å². The first kappa shape index (κ1) is 4.78. The van der Waals surface area contributed by atoms with E-state index in [1.54, 1.807) is 0 Å². The molecule has 37 valence electrons. The second kappa shape index (κ2) is 1.62. The molecule has 1 rings (SSSR count). The Labute approximate surface area is 48.0 Å². The smallest absolute Gasteiger partial charge is 0.187 e. The van der Waals surface area contributed by atoms with Crippen LogP contribution >= 0.6 is 12.2 Å². The van der Waals surface area contributed by atoms with Gasteiger partial charge in [0.15, 0.2) is 5.05 Å². The van der Waals surface area contributed by atoms with E-state index in [0.29, 0.717) is 11.7 Å². The van der Waals surface area contributed by atoms with Crippen LogP contribution in [-0.4, -0.2) is 11.7 Å². The molecule has 0 N–H and O–H groups in total. The van der Waals surface area contributed by atoms with Crippen LogP contribution in [0.25, 0.3) is 0 Å². The van der Waals surface area contributed by atoms with E-state index in [-0.39, 0.29) is 0 Å². The van der Waals surface area contributed by atoms with Crippen molar-refractivity contribution in [1.29, 1.82) is 0 Å². The third-order valence-corrected chi connectivity index (χ3v) is 1.19. The highest BCUT2D eigenvalue weighted by atomic mass is 32.1. The van der Waals surface area contributed by atoms with Crippen LogP contribution in [0.2, 0.25) is 0 Å². The second-order valence-electron chi connectivity index (χ2n) is 1.33. The minimum Gasteiger partial charge on any atom is -0.479 e. The molecule has 1 nitrogen and oxygen atoms in total. The lowest BCUT2D eigenvalue weighted by Crippen LogP contribution is -1.91. The Hall–Kier alpha value is -0.370. The summed E-state index contributed by atoms with van der Waals surface area (Å²) in [6.45, 7) is 4.22. The molecule has 0 aromatic heterocycles. The molecule has 0 atom stereocenters. The molecule has 0 spiro atoms. The standard InChI is InChI=1S/C5H5OS/c1-4-2-3-6-5(4)7/h2H,1,3H2. The largest absolute Gasteiger partial charge is 0.479 e. The number of hydrogen-bond acceptors (Lipinski definition) is 2. The van der Waals surface area contributed by atoms with Gasteiger partial charge in [0, 0.05) is 5.57 Å². The van der Waals surface area contributed by atoms with Gasteiger partial charge in [-0.15, -0.1) is 0 Å². The average molecular weight is 113 g/mol. The van der Waals surface area contributed by atoms with Crippen LogP contribution in [0.3, 0.4) is 0 Å². The Morgan fingerprint density at radius 1 is 1.86 bits per heavy atom. The van der Waals surface area contributed by atoms with Gasteiger partial charge in [-0.25, -0.2) is 0 Å². The Morgan fingerprint density at radius 3 is 2.71 bits per heavy atom. The summed E-state index contributed by atoms with van der Waals surface area (Å²) in [4.78, 5) is 0. The van der Waals surface area contributed by atoms with Gasteiger partial charge in [0.1, 0.15) is 6.61 Å². The quantitative estimate of drug-likeness (QED) is 0.435. The van der Waals surface area contributed by atoms with E-state index in [1.165, 1.54) is 0 Å². The fourth-order valence-electron chi connectivity index (χ4n) is 0.394. The van der Waals surface area contributed by atoms with Crippen LogP contribution in [0, 0.1) is 6.92 Å². The maximum Gasteiger partial charge on any atom is 0.187 e. The molecule has 0 amide bonds. The summed E-state index contributed by atoms with van der Waals surface area (Å²) in [6, 6.07) is 0. The van der Waals surface area contributed by atoms with E-state index in [4.69, 9.17) is 4.74 Å². The van der Waals surface area contributed by atoms with Crippen molar-refractivity contribution in [2.45, 2.75) is 0 Å². The van der Waals surface area contributed by atoms with Gasteiger partial charge in [-0.05, 0) is 25.2 Å². The van der Waals surface area contributed by atoms with Crippen LogP contribution in [0.1, 0.15) is 0 Å². The molecule has 0 saturated heterocycles. The highest BCUT2D eigenvalue weighted by Crippen LogP contribution is 2.05. The van der Waals surface area contributed by atoms with Crippen LogP contribution < -0.4 is 0 Å². The molecule has 0 bridgehead atoms. The summed E-state index contributed by atoms with van der Waals surface area (Å²) in [7, 11) is 0. The molecule has 1 radical (unpaired) electrons. The zero-order valence-corrected chi connectivity index (χ0v) is 4.62. The molecule has 2 heteroatoms. The summed E-state index contributed by atoms with van der Waals surface area (Å²) in [5, 5.41) is 0.542. The average Bonchev–Trinajstić information content (AvgIpc) is 1.91. The maximum absolute atomic E-state index is 4.84. The van der Waals surface area contributed by atoms with Gasteiger partial charge in [-0.1, -0.05) is 0 Å². The summed E-state index contributed by atoms with van der Waals surface area (Å²) in [5.41, 5.74) is 0.843. The Kier molecular flexibility index (Phi) is 1.11. The maximum atomic E-state index is 4.84. The van der Waals surface area contributed by atoms with Gasteiger partial charge in [-0.2, -0.15) is 0 Å². The van der Waals surface area contributed by atoms with E-state index < -0.39 is 0 Å². The third kappa shape index (κ3) is 0.800. The fourth-order valence-corrected chi connectivity index (χ4v) is 0.545. The van der Waals surface area contributed by atoms with Gasteiger partial charge >= 0.3 is 0 Å². The molecule has 0 aromatic rings. The lowest BCUT2D eigenvalue weighted by molar-refractivity contribution is 0.376. The molecular formula is C5H5OS. The topological polar surface area (TPSA) is 9.23 Å². The molecule has 1 aliphatic heterocycles. The zero-order chi connectivity index (χ0) is 5.28. The fraction of sp³-hybridized carbons (Fsp3) is 0.200. The van der Waals surface area contributed by atoms with Crippen molar-refractivity contribution in [3.63, 3.8) is 0 Å². The predicted octanol–water partition coefficient (Wildman–Crippen LogP) is 1.10. The van der Waals surface area contributed by atoms with Crippen molar-refractivity contribution < 1.29 is 4.74 Å². The number of rotatable bonds is 0. The first-order valence-electron chi connectivity index (χ1n) is 2.00. The van der Waals surface area contributed by atoms with E-state index in [0.717, 1.165) is 5.57 Å². The highest BCUT2D eigenvalue weighted by Gasteiger charge is 2.04. The summed E-state index contributed by atoms with van der Waals surface area (Å²) in [6.07, 6.45) is 1.86. The van der Waals surface area contributed by atoms with E-state index in [1.807, 2.05) is 6.08 Å². The number of thiocarbonyl (C=S) groups is 1. The van der Waals surface area contributed by atoms with E-state index in [2.05, 4.69) is 19.1 Å². The molecule has 7 heavy (non-hydrogen) atoms. The molecule has 0 fully saturated rings. The lowest BCUT2D eigenvalue weighted by Gasteiger charge is -1.90. The normalized spacial score (nSPS) is 19.0. The van der Waals surface area contributed by atoms with Crippen molar-refractivity contribution in [3.8, 4) is 0 Å². The first-order chi connectivity index (χ1) is 3.30. The molecule has 0 aliphatic carbocycles.